The maximum Gasteiger partial charge on any atom is 0.251 e. The van der Waals surface area contributed by atoms with Gasteiger partial charge in [-0.15, -0.1) is 0 Å². The molecule has 20 heavy (non-hydrogen) atoms. The lowest BCUT2D eigenvalue weighted by Gasteiger charge is -2.17. The molecular formula is C16H22N2O2. The van der Waals surface area contributed by atoms with Gasteiger partial charge in [0.05, 0.1) is 0 Å². The van der Waals surface area contributed by atoms with Gasteiger partial charge in [0.2, 0.25) is 5.91 Å². The van der Waals surface area contributed by atoms with Crippen LogP contribution in [0, 0.1) is 0 Å². The molecule has 0 heterocycles. The molecule has 0 spiro atoms. The summed E-state index contributed by atoms with van der Waals surface area (Å²) in [4.78, 5) is 25.3. The minimum absolute atomic E-state index is 0.00513. The van der Waals surface area contributed by atoms with E-state index in [-0.39, 0.29) is 11.8 Å². The molecule has 1 aliphatic carbocycles. The van der Waals surface area contributed by atoms with E-state index in [9.17, 15) is 9.59 Å². The second-order valence-corrected chi connectivity index (χ2v) is 5.44. The molecule has 0 aromatic heterocycles. The lowest BCUT2D eigenvalue weighted by molar-refractivity contribution is -0.130. The third-order valence-corrected chi connectivity index (χ3v) is 3.44. The van der Waals surface area contributed by atoms with Gasteiger partial charge in [0, 0.05) is 31.6 Å². The van der Waals surface area contributed by atoms with Crippen molar-refractivity contribution in [2.24, 2.45) is 0 Å². The first-order chi connectivity index (χ1) is 9.60. The molecule has 2 rings (SSSR count). The van der Waals surface area contributed by atoms with Crippen LogP contribution >= 0.6 is 0 Å². The number of hydrogen-bond donors (Lipinski definition) is 1. The molecule has 4 heteroatoms. The van der Waals surface area contributed by atoms with Gasteiger partial charge >= 0.3 is 0 Å². The fraction of sp³-hybridized carbons (Fsp3) is 0.500. The first kappa shape index (κ1) is 14.6. The van der Waals surface area contributed by atoms with Crippen LogP contribution in [-0.2, 0) is 11.3 Å². The highest BCUT2D eigenvalue weighted by Gasteiger charge is 2.23. The minimum atomic E-state index is -0.00513. The molecule has 0 bridgehead atoms. The first-order valence-corrected chi connectivity index (χ1v) is 7.24. The van der Waals surface area contributed by atoms with Crippen LogP contribution in [0.25, 0.3) is 0 Å². The van der Waals surface area contributed by atoms with Gasteiger partial charge in [-0.3, -0.25) is 9.59 Å². The maximum absolute atomic E-state index is 11.8. The number of nitrogens with one attached hydrogen (secondary N) is 1. The Hall–Kier alpha value is -1.84. The summed E-state index contributed by atoms with van der Waals surface area (Å²) in [7, 11) is 1.81. The molecule has 1 aromatic rings. The smallest absolute Gasteiger partial charge is 0.251 e. The SMILES string of the molecule is CCCC(=O)N(C)Cc1ccc(C(=O)NC2CC2)cc1. The third kappa shape index (κ3) is 4.08. The Balaban J connectivity index is 1.90. The van der Waals surface area contributed by atoms with Gasteiger partial charge in [-0.1, -0.05) is 19.1 Å². The van der Waals surface area contributed by atoms with Gasteiger partial charge in [0.25, 0.3) is 5.91 Å². The molecule has 1 fully saturated rings. The molecule has 1 saturated carbocycles. The minimum Gasteiger partial charge on any atom is -0.349 e. The molecule has 4 nitrogen and oxygen atoms in total. The predicted molar refractivity (Wildman–Crippen MR) is 78.3 cm³/mol. The maximum atomic E-state index is 11.8. The summed E-state index contributed by atoms with van der Waals surface area (Å²) in [5.74, 6) is 0.150. The van der Waals surface area contributed by atoms with Crippen LogP contribution < -0.4 is 5.32 Å². The monoisotopic (exact) mass is 274 g/mol. The number of rotatable bonds is 6. The fourth-order valence-corrected chi connectivity index (χ4v) is 2.02. The molecular weight excluding hydrogens is 252 g/mol. The number of carbonyl (C=O) groups excluding carboxylic acids is 2. The van der Waals surface area contributed by atoms with Gasteiger partial charge in [-0.2, -0.15) is 0 Å². The van der Waals surface area contributed by atoms with E-state index in [1.54, 1.807) is 4.90 Å². The average molecular weight is 274 g/mol. The van der Waals surface area contributed by atoms with Gasteiger partial charge < -0.3 is 10.2 Å². The first-order valence-electron chi connectivity index (χ1n) is 7.24. The Morgan fingerprint density at radius 1 is 1.25 bits per heavy atom. The normalized spacial score (nSPS) is 13.9. The summed E-state index contributed by atoms with van der Waals surface area (Å²) < 4.78 is 0. The van der Waals surface area contributed by atoms with Crippen molar-refractivity contribution in [3.8, 4) is 0 Å². The molecule has 0 aliphatic heterocycles. The molecule has 1 N–H and O–H groups in total. The van der Waals surface area contributed by atoms with E-state index >= 15 is 0 Å². The summed E-state index contributed by atoms with van der Waals surface area (Å²) in [6.07, 6.45) is 3.63. The molecule has 2 amide bonds. The highest BCUT2D eigenvalue weighted by molar-refractivity contribution is 5.94. The number of hydrogen-bond acceptors (Lipinski definition) is 2. The molecule has 108 valence electrons. The fourth-order valence-electron chi connectivity index (χ4n) is 2.02. The van der Waals surface area contributed by atoms with Crippen LogP contribution in [-0.4, -0.2) is 29.8 Å². The van der Waals surface area contributed by atoms with Crippen molar-refractivity contribution < 1.29 is 9.59 Å². The van der Waals surface area contributed by atoms with Crippen molar-refractivity contribution in [3.63, 3.8) is 0 Å². The lowest BCUT2D eigenvalue weighted by atomic mass is 10.1. The van der Waals surface area contributed by atoms with E-state index in [1.165, 1.54) is 0 Å². The van der Waals surface area contributed by atoms with E-state index in [4.69, 9.17) is 0 Å². The standard InChI is InChI=1S/C16H22N2O2/c1-3-4-15(19)18(2)11-12-5-7-13(8-6-12)16(20)17-14-9-10-14/h5-8,14H,3-4,9-11H2,1-2H3,(H,17,20). The zero-order valence-electron chi connectivity index (χ0n) is 12.2. The molecule has 0 atom stereocenters. The average Bonchev–Trinajstić information content (AvgIpc) is 3.23. The van der Waals surface area contributed by atoms with E-state index in [1.807, 2.05) is 38.2 Å². The Labute approximate surface area is 120 Å². The van der Waals surface area contributed by atoms with Crippen molar-refractivity contribution in [1.29, 1.82) is 0 Å². The van der Waals surface area contributed by atoms with Crippen molar-refractivity contribution >= 4 is 11.8 Å². The molecule has 0 radical (unpaired) electrons. The summed E-state index contributed by atoms with van der Waals surface area (Å²) in [6.45, 7) is 2.59. The van der Waals surface area contributed by atoms with Crippen LogP contribution in [0.3, 0.4) is 0 Å². The summed E-state index contributed by atoms with van der Waals surface area (Å²) in [6, 6.07) is 7.85. The second-order valence-electron chi connectivity index (χ2n) is 5.44. The topological polar surface area (TPSA) is 49.4 Å². The van der Waals surface area contributed by atoms with Gasteiger partial charge in [0.1, 0.15) is 0 Å². The Bertz CT molecular complexity index is 478. The third-order valence-electron chi connectivity index (χ3n) is 3.44. The van der Waals surface area contributed by atoms with Gasteiger partial charge in [-0.05, 0) is 37.0 Å². The van der Waals surface area contributed by atoms with E-state index < -0.39 is 0 Å². The molecule has 1 aliphatic rings. The Morgan fingerprint density at radius 3 is 2.45 bits per heavy atom. The summed E-state index contributed by atoms with van der Waals surface area (Å²) in [5, 5.41) is 2.96. The van der Waals surface area contributed by atoms with E-state index in [0.717, 1.165) is 24.8 Å². The quantitative estimate of drug-likeness (QED) is 0.865. The molecule has 0 saturated heterocycles. The zero-order chi connectivity index (χ0) is 14.5. The number of amides is 2. The van der Waals surface area contributed by atoms with Gasteiger partial charge in [0.15, 0.2) is 0 Å². The highest BCUT2D eigenvalue weighted by Crippen LogP contribution is 2.19. The van der Waals surface area contributed by atoms with Crippen molar-refractivity contribution in [2.45, 2.75) is 45.2 Å². The van der Waals surface area contributed by atoms with E-state index in [2.05, 4.69) is 5.32 Å². The van der Waals surface area contributed by atoms with Crippen molar-refractivity contribution in [1.82, 2.24) is 10.2 Å². The lowest BCUT2D eigenvalue weighted by Crippen LogP contribution is -2.26. The predicted octanol–water partition coefficient (Wildman–Crippen LogP) is 2.34. The zero-order valence-corrected chi connectivity index (χ0v) is 12.2. The van der Waals surface area contributed by atoms with Crippen LogP contribution in [0.2, 0.25) is 0 Å². The number of carbonyl (C=O) groups is 2. The molecule has 1 aromatic carbocycles. The van der Waals surface area contributed by atoms with Crippen LogP contribution in [0.4, 0.5) is 0 Å². The van der Waals surface area contributed by atoms with Crippen molar-refractivity contribution in [3.05, 3.63) is 35.4 Å². The van der Waals surface area contributed by atoms with Crippen LogP contribution in [0.5, 0.6) is 0 Å². The van der Waals surface area contributed by atoms with Crippen molar-refractivity contribution in [2.75, 3.05) is 7.05 Å². The van der Waals surface area contributed by atoms with E-state index in [0.29, 0.717) is 24.6 Å². The highest BCUT2D eigenvalue weighted by atomic mass is 16.2. The molecule has 0 unspecified atom stereocenters. The van der Waals surface area contributed by atoms with Crippen LogP contribution in [0.1, 0.15) is 48.5 Å². The number of benzene rings is 1. The van der Waals surface area contributed by atoms with Crippen LogP contribution in [0.15, 0.2) is 24.3 Å². The largest absolute Gasteiger partial charge is 0.349 e. The Kier molecular flexibility index (Phi) is 4.77. The number of nitrogens with zero attached hydrogens (tertiary/aromatic N) is 1. The Morgan fingerprint density at radius 2 is 1.90 bits per heavy atom. The second kappa shape index (κ2) is 6.55. The van der Waals surface area contributed by atoms with Gasteiger partial charge in [-0.25, -0.2) is 0 Å². The summed E-state index contributed by atoms with van der Waals surface area (Å²) >= 11 is 0. The summed E-state index contributed by atoms with van der Waals surface area (Å²) in [5.41, 5.74) is 1.73.